The van der Waals surface area contributed by atoms with Crippen molar-refractivity contribution >= 4 is 62.2 Å². The van der Waals surface area contributed by atoms with Crippen LogP contribution in [-0.2, 0) is 11.4 Å². The van der Waals surface area contributed by atoms with Crippen LogP contribution in [0.5, 0.6) is 11.5 Å². The lowest BCUT2D eigenvalue weighted by molar-refractivity contribution is -0.113. The van der Waals surface area contributed by atoms with Crippen LogP contribution in [-0.4, -0.2) is 17.8 Å². The Morgan fingerprint density at radius 2 is 1.70 bits per heavy atom. The lowest BCUT2D eigenvalue weighted by Gasteiger charge is -2.15. The van der Waals surface area contributed by atoms with Crippen LogP contribution in [0.1, 0.15) is 18.1 Å². The molecule has 8 heteroatoms. The first-order chi connectivity index (χ1) is 16.0. The van der Waals surface area contributed by atoms with E-state index >= 15 is 0 Å². The van der Waals surface area contributed by atoms with Crippen LogP contribution >= 0.6 is 39.3 Å². The summed E-state index contributed by atoms with van der Waals surface area (Å²) in [7, 11) is 0. The Kier molecular flexibility index (Phi) is 7.42. The fourth-order valence-corrected chi connectivity index (χ4v) is 4.68. The van der Waals surface area contributed by atoms with Crippen LogP contribution in [0.4, 0.5) is 10.5 Å². The molecule has 3 aromatic rings. The smallest absolute Gasteiger partial charge is 0.298 e. The minimum Gasteiger partial charge on any atom is -0.490 e. The zero-order valence-corrected chi connectivity index (χ0v) is 20.7. The number of hydrogen-bond donors (Lipinski definition) is 0. The first-order valence-electron chi connectivity index (χ1n) is 10.1. The van der Waals surface area contributed by atoms with E-state index in [0.717, 1.165) is 17.3 Å². The Morgan fingerprint density at radius 3 is 2.42 bits per heavy atom. The topological polar surface area (TPSA) is 55.8 Å². The van der Waals surface area contributed by atoms with Crippen LogP contribution in [0, 0.1) is 0 Å². The van der Waals surface area contributed by atoms with E-state index in [9.17, 15) is 9.59 Å². The second-order valence-electron chi connectivity index (χ2n) is 6.99. The van der Waals surface area contributed by atoms with Crippen molar-refractivity contribution in [1.82, 2.24) is 0 Å². The molecule has 0 N–H and O–H groups in total. The Bertz CT molecular complexity index is 1230. The van der Waals surface area contributed by atoms with E-state index in [-0.39, 0.29) is 17.8 Å². The number of halogens is 2. The van der Waals surface area contributed by atoms with Gasteiger partial charge in [0, 0.05) is 15.1 Å². The quantitative estimate of drug-likeness (QED) is 0.292. The lowest BCUT2D eigenvalue weighted by atomic mass is 10.1. The Morgan fingerprint density at radius 1 is 1.00 bits per heavy atom. The molecule has 1 fully saturated rings. The summed E-state index contributed by atoms with van der Waals surface area (Å²) in [5, 5.41) is 0.290. The van der Waals surface area contributed by atoms with Crippen molar-refractivity contribution in [3.8, 4) is 11.5 Å². The second-order valence-corrected chi connectivity index (χ2v) is 9.24. The molecule has 5 nitrogen and oxygen atoms in total. The number of benzene rings is 3. The van der Waals surface area contributed by atoms with E-state index in [2.05, 4.69) is 15.9 Å². The van der Waals surface area contributed by atoms with Crippen LogP contribution in [0.3, 0.4) is 0 Å². The second kappa shape index (κ2) is 10.5. The number of amides is 2. The van der Waals surface area contributed by atoms with E-state index in [1.807, 2.05) is 37.3 Å². The van der Waals surface area contributed by atoms with E-state index in [1.54, 1.807) is 42.5 Å². The molecule has 0 radical (unpaired) electrons. The van der Waals surface area contributed by atoms with Gasteiger partial charge in [-0.05, 0) is 60.7 Å². The lowest BCUT2D eigenvalue weighted by Crippen LogP contribution is -2.27. The zero-order valence-electron chi connectivity index (χ0n) is 17.6. The first-order valence-corrected chi connectivity index (χ1v) is 12.1. The fourth-order valence-electron chi connectivity index (χ4n) is 3.22. The number of para-hydroxylation sites is 1. The predicted octanol–water partition coefficient (Wildman–Crippen LogP) is 7.32. The molecule has 3 aromatic carbocycles. The van der Waals surface area contributed by atoms with Gasteiger partial charge in [0.25, 0.3) is 11.1 Å². The third-order valence-corrected chi connectivity index (χ3v) is 6.72. The zero-order chi connectivity index (χ0) is 23.4. The summed E-state index contributed by atoms with van der Waals surface area (Å²) in [4.78, 5) is 26.9. The van der Waals surface area contributed by atoms with Crippen molar-refractivity contribution in [2.75, 3.05) is 11.5 Å². The highest BCUT2D eigenvalue weighted by Crippen LogP contribution is 2.39. The van der Waals surface area contributed by atoms with E-state index in [1.165, 1.54) is 4.90 Å². The highest BCUT2D eigenvalue weighted by Gasteiger charge is 2.36. The predicted molar refractivity (Wildman–Crippen MR) is 136 cm³/mol. The molecule has 2 amide bonds. The van der Waals surface area contributed by atoms with Gasteiger partial charge in [0.2, 0.25) is 0 Å². The van der Waals surface area contributed by atoms with Crippen molar-refractivity contribution in [2.45, 2.75) is 13.5 Å². The maximum atomic E-state index is 12.9. The Balaban J connectivity index is 1.61. The molecule has 0 atom stereocenters. The van der Waals surface area contributed by atoms with Gasteiger partial charge in [0.05, 0.1) is 17.2 Å². The summed E-state index contributed by atoms with van der Waals surface area (Å²) in [5.74, 6) is 0.708. The molecule has 4 rings (SSSR count). The van der Waals surface area contributed by atoms with Gasteiger partial charge in [-0.25, -0.2) is 4.90 Å². The molecule has 33 heavy (non-hydrogen) atoms. The molecule has 1 aliphatic heterocycles. The molecule has 0 unspecified atom stereocenters. The third kappa shape index (κ3) is 5.27. The van der Waals surface area contributed by atoms with Crippen molar-refractivity contribution in [1.29, 1.82) is 0 Å². The summed E-state index contributed by atoms with van der Waals surface area (Å²) in [6.07, 6.45) is 1.68. The van der Waals surface area contributed by atoms with Gasteiger partial charge in [0.1, 0.15) is 6.61 Å². The van der Waals surface area contributed by atoms with Crippen LogP contribution < -0.4 is 14.4 Å². The number of carbonyl (C=O) groups is 2. The van der Waals surface area contributed by atoms with Crippen LogP contribution in [0.2, 0.25) is 5.02 Å². The normalized spacial score (nSPS) is 14.8. The summed E-state index contributed by atoms with van der Waals surface area (Å²) in [6.45, 7) is 2.60. The molecule has 1 aliphatic rings. The summed E-state index contributed by atoms with van der Waals surface area (Å²) in [5.41, 5.74) is 2.10. The summed E-state index contributed by atoms with van der Waals surface area (Å²) >= 11 is 10.7. The largest absolute Gasteiger partial charge is 0.490 e. The van der Waals surface area contributed by atoms with Gasteiger partial charge in [0.15, 0.2) is 11.5 Å². The number of carbonyl (C=O) groups excluding carboxylic acids is 2. The van der Waals surface area contributed by atoms with Gasteiger partial charge in [-0.1, -0.05) is 63.9 Å². The minimum absolute atomic E-state index is 0.279. The number of hydrogen-bond acceptors (Lipinski definition) is 5. The fraction of sp³-hybridized carbons (Fsp3) is 0.120. The molecule has 0 aliphatic carbocycles. The molecular formula is C25H19BrClNO4S. The van der Waals surface area contributed by atoms with Crippen LogP contribution in [0.15, 0.2) is 76.1 Å². The maximum Gasteiger partial charge on any atom is 0.298 e. The van der Waals surface area contributed by atoms with Gasteiger partial charge < -0.3 is 9.47 Å². The third-order valence-electron chi connectivity index (χ3n) is 4.80. The molecule has 0 aromatic heterocycles. The number of anilines is 1. The molecule has 0 saturated carbocycles. The Hall–Kier alpha value is -2.74. The average Bonchev–Trinajstić information content (AvgIpc) is 3.09. The standard InChI is InChI=1S/C25H19BrClNO4S/c1-2-31-21-12-17(19(26)14-22(21)32-15-16-8-6-7-11-20(16)27)13-23-24(29)28(25(30)33-23)18-9-4-3-5-10-18/h3-14H,2,15H2,1H3/b23-13-. The number of ether oxygens (including phenoxy) is 2. The minimum atomic E-state index is -0.361. The summed E-state index contributed by atoms with van der Waals surface area (Å²) < 4.78 is 12.5. The molecular weight excluding hydrogens is 526 g/mol. The van der Waals surface area contributed by atoms with Crippen molar-refractivity contribution in [3.05, 3.63) is 92.3 Å². The van der Waals surface area contributed by atoms with Crippen molar-refractivity contribution in [2.24, 2.45) is 0 Å². The number of thioether (sulfide) groups is 1. The number of rotatable bonds is 7. The number of nitrogens with zero attached hydrogens (tertiary/aromatic N) is 1. The Labute approximate surface area is 209 Å². The number of imide groups is 1. The maximum absolute atomic E-state index is 12.9. The van der Waals surface area contributed by atoms with E-state index in [4.69, 9.17) is 21.1 Å². The van der Waals surface area contributed by atoms with Crippen molar-refractivity contribution < 1.29 is 19.1 Å². The van der Waals surface area contributed by atoms with Gasteiger partial charge in [-0.3, -0.25) is 9.59 Å². The highest BCUT2D eigenvalue weighted by molar-refractivity contribution is 9.10. The van der Waals surface area contributed by atoms with Crippen molar-refractivity contribution in [3.63, 3.8) is 0 Å². The monoisotopic (exact) mass is 543 g/mol. The molecule has 1 heterocycles. The van der Waals surface area contributed by atoms with E-state index in [0.29, 0.717) is 43.8 Å². The van der Waals surface area contributed by atoms with Gasteiger partial charge >= 0.3 is 0 Å². The highest BCUT2D eigenvalue weighted by atomic mass is 79.9. The van der Waals surface area contributed by atoms with Gasteiger partial charge in [-0.15, -0.1) is 0 Å². The molecule has 168 valence electrons. The molecule has 0 bridgehead atoms. The summed E-state index contributed by atoms with van der Waals surface area (Å²) in [6, 6.07) is 19.9. The van der Waals surface area contributed by atoms with E-state index < -0.39 is 0 Å². The first kappa shape index (κ1) is 23.4. The molecule has 1 saturated heterocycles. The average molecular weight is 545 g/mol. The van der Waals surface area contributed by atoms with Gasteiger partial charge in [-0.2, -0.15) is 0 Å². The molecule has 0 spiro atoms. The SMILES string of the molecule is CCOc1cc(/C=C2\SC(=O)N(c3ccccc3)C2=O)c(Br)cc1OCc1ccccc1Cl. The van der Waals surface area contributed by atoms with Crippen LogP contribution in [0.25, 0.3) is 6.08 Å².